The molecule has 3 rings (SSSR count). The van der Waals surface area contributed by atoms with Gasteiger partial charge in [0, 0.05) is 11.8 Å². The molecule has 24 heavy (non-hydrogen) atoms. The first-order valence-electron chi connectivity index (χ1n) is 7.38. The number of carbonyl (C=O) groups is 1. The van der Waals surface area contributed by atoms with Crippen LogP contribution in [0.1, 0.15) is 5.56 Å². The number of carbonyl (C=O) groups excluding carboxylic acids is 1. The Morgan fingerprint density at radius 2 is 1.96 bits per heavy atom. The number of rotatable bonds is 4. The van der Waals surface area contributed by atoms with E-state index in [1.807, 2.05) is 0 Å². The lowest BCUT2D eigenvalue weighted by Gasteiger charge is -2.19. The Bertz CT molecular complexity index is 771. The lowest BCUT2D eigenvalue weighted by Crippen LogP contribution is -2.15. The highest BCUT2D eigenvalue weighted by Gasteiger charge is 2.15. The van der Waals surface area contributed by atoms with Crippen molar-refractivity contribution in [3.05, 3.63) is 53.1 Å². The van der Waals surface area contributed by atoms with Crippen molar-refractivity contribution in [2.45, 2.75) is 0 Å². The molecule has 0 saturated heterocycles. The molecule has 2 aromatic carbocycles. The third-order valence-corrected chi connectivity index (χ3v) is 3.68. The van der Waals surface area contributed by atoms with E-state index in [1.54, 1.807) is 49.6 Å². The second-order valence-corrected chi connectivity index (χ2v) is 5.49. The van der Waals surface area contributed by atoms with Crippen LogP contribution in [0.4, 0.5) is 5.69 Å². The highest BCUT2D eigenvalue weighted by atomic mass is 35.5. The van der Waals surface area contributed by atoms with Crippen LogP contribution in [-0.4, -0.2) is 26.2 Å². The number of halogens is 1. The molecule has 1 aliphatic heterocycles. The number of methoxy groups -OCH3 is 1. The monoisotopic (exact) mass is 345 g/mol. The fraction of sp³-hybridized carbons (Fsp3) is 0.167. The molecule has 124 valence electrons. The first-order chi connectivity index (χ1) is 11.7. The molecule has 6 heteroatoms. The predicted octanol–water partition coefficient (Wildman–Crippen LogP) is 3.77. The minimum Gasteiger partial charge on any atom is -0.497 e. The van der Waals surface area contributed by atoms with Gasteiger partial charge >= 0.3 is 0 Å². The van der Waals surface area contributed by atoms with Gasteiger partial charge in [0.05, 0.1) is 12.1 Å². The number of hydrogen-bond acceptors (Lipinski definition) is 4. The second-order valence-electron chi connectivity index (χ2n) is 5.08. The van der Waals surface area contributed by atoms with E-state index in [1.165, 1.54) is 6.08 Å². The van der Waals surface area contributed by atoms with Gasteiger partial charge in [-0.2, -0.15) is 0 Å². The Hall–Kier alpha value is -2.66. The van der Waals surface area contributed by atoms with E-state index >= 15 is 0 Å². The minimum atomic E-state index is -0.244. The number of fused-ring (bicyclic) bond motifs is 1. The van der Waals surface area contributed by atoms with Crippen molar-refractivity contribution in [1.29, 1.82) is 0 Å². The van der Waals surface area contributed by atoms with Crippen molar-refractivity contribution < 1.29 is 19.0 Å². The Morgan fingerprint density at radius 3 is 2.71 bits per heavy atom. The normalized spacial score (nSPS) is 12.9. The van der Waals surface area contributed by atoms with E-state index in [-0.39, 0.29) is 5.91 Å². The average Bonchev–Trinajstić information content (AvgIpc) is 2.61. The molecular formula is C18H16ClNO4. The molecule has 1 amide bonds. The zero-order chi connectivity index (χ0) is 16.9. The molecular weight excluding hydrogens is 330 g/mol. The fourth-order valence-electron chi connectivity index (χ4n) is 2.26. The van der Waals surface area contributed by atoms with E-state index < -0.39 is 0 Å². The summed E-state index contributed by atoms with van der Waals surface area (Å²) in [6.07, 6.45) is 3.11. The molecule has 0 aliphatic carbocycles. The molecule has 1 aliphatic rings. The average molecular weight is 346 g/mol. The minimum absolute atomic E-state index is 0.244. The summed E-state index contributed by atoms with van der Waals surface area (Å²) in [5.41, 5.74) is 1.44. The van der Waals surface area contributed by atoms with Gasteiger partial charge in [0.2, 0.25) is 5.91 Å². The smallest absolute Gasteiger partial charge is 0.248 e. The van der Waals surface area contributed by atoms with Crippen LogP contribution in [0, 0.1) is 0 Å². The lowest BCUT2D eigenvalue weighted by molar-refractivity contribution is -0.111. The van der Waals surface area contributed by atoms with Crippen LogP contribution < -0.4 is 19.5 Å². The van der Waals surface area contributed by atoms with Crippen molar-refractivity contribution in [3.8, 4) is 17.2 Å². The molecule has 0 aromatic heterocycles. The largest absolute Gasteiger partial charge is 0.497 e. The van der Waals surface area contributed by atoms with E-state index in [9.17, 15) is 4.79 Å². The number of benzene rings is 2. The zero-order valence-corrected chi connectivity index (χ0v) is 13.8. The molecule has 2 aromatic rings. The fourth-order valence-corrected chi connectivity index (χ4v) is 2.53. The Balaban J connectivity index is 1.68. The quantitative estimate of drug-likeness (QED) is 0.857. The van der Waals surface area contributed by atoms with Gasteiger partial charge in [0.15, 0.2) is 11.5 Å². The highest BCUT2D eigenvalue weighted by molar-refractivity contribution is 6.32. The van der Waals surface area contributed by atoms with Crippen molar-refractivity contribution in [3.63, 3.8) is 0 Å². The van der Waals surface area contributed by atoms with Gasteiger partial charge in [-0.15, -0.1) is 0 Å². The van der Waals surface area contributed by atoms with Gasteiger partial charge in [-0.05, 0) is 48.0 Å². The van der Waals surface area contributed by atoms with E-state index in [4.69, 9.17) is 25.8 Å². The standard InChI is InChI=1S/C18H16ClNO4/c1-22-14-5-3-13(4-6-14)20-17(21)7-2-12-10-15(19)18-16(11-12)23-8-9-24-18/h2-7,10-11H,8-9H2,1H3,(H,20,21)/b7-2+. The first-order valence-corrected chi connectivity index (χ1v) is 7.76. The van der Waals surface area contributed by atoms with Crippen molar-refractivity contribution in [2.75, 3.05) is 25.6 Å². The van der Waals surface area contributed by atoms with Crippen LogP contribution in [0.3, 0.4) is 0 Å². The van der Waals surface area contributed by atoms with E-state index in [0.717, 1.165) is 11.3 Å². The van der Waals surface area contributed by atoms with Gasteiger partial charge in [0.1, 0.15) is 19.0 Å². The van der Waals surface area contributed by atoms with Crippen LogP contribution in [0.15, 0.2) is 42.5 Å². The lowest BCUT2D eigenvalue weighted by atomic mass is 10.1. The van der Waals surface area contributed by atoms with Crippen molar-refractivity contribution in [1.82, 2.24) is 0 Å². The van der Waals surface area contributed by atoms with Crippen LogP contribution >= 0.6 is 11.6 Å². The maximum absolute atomic E-state index is 12.0. The van der Waals surface area contributed by atoms with Gasteiger partial charge in [-0.1, -0.05) is 11.6 Å². The third-order valence-electron chi connectivity index (χ3n) is 3.40. The summed E-state index contributed by atoms with van der Waals surface area (Å²) in [7, 11) is 1.59. The summed E-state index contributed by atoms with van der Waals surface area (Å²) >= 11 is 6.17. The molecule has 0 radical (unpaired) electrons. The summed E-state index contributed by atoms with van der Waals surface area (Å²) in [6, 6.07) is 10.6. The number of amides is 1. The molecule has 0 atom stereocenters. The van der Waals surface area contributed by atoms with Crippen LogP contribution in [0.25, 0.3) is 6.08 Å². The van der Waals surface area contributed by atoms with Gasteiger partial charge < -0.3 is 19.5 Å². The number of hydrogen-bond donors (Lipinski definition) is 1. The third kappa shape index (κ3) is 3.81. The summed E-state index contributed by atoms with van der Waals surface area (Å²) in [5, 5.41) is 3.23. The van der Waals surface area contributed by atoms with Gasteiger partial charge in [-0.25, -0.2) is 0 Å². The maximum Gasteiger partial charge on any atom is 0.248 e. The van der Waals surface area contributed by atoms with Gasteiger partial charge in [0.25, 0.3) is 0 Å². The summed E-state index contributed by atoms with van der Waals surface area (Å²) < 4.78 is 16.1. The number of nitrogens with one attached hydrogen (secondary N) is 1. The Labute approximate surface area is 144 Å². The number of ether oxygens (including phenoxy) is 3. The number of anilines is 1. The summed E-state index contributed by atoms with van der Waals surface area (Å²) in [5.74, 6) is 1.62. The predicted molar refractivity (Wildman–Crippen MR) is 93.1 cm³/mol. The summed E-state index contributed by atoms with van der Waals surface area (Å²) in [4.78, 5) is 12.0. The maximum atomic E-state index is 12.0. The molecule has 0 spiro atoms. The molecule has 5 nitrogen and oxygen atoms in total. The summed E-state index contributed by atoms with van der Waals surface area (Å²) in [6.45, 7) is 0.959. The molecule has 0 fully saturated rings. The molecule has 1 heterocycles. The second kappa shape index (κ2) is 7.27. The SMILES string of the molecule is COc1ccc(NC(=O)/C=C/c2cc(Cl)c3c(c2)OCCO3)cc1. The highest BCUT2D eigenvalue weighted by Crippen LogP contribution is 2.38. The molecule has 0 unspecified atom stereocenters. The topological polar surface area (TPSA) is 56.8 Å². The van der Waals surface area contributed by atoms with E-state index in [2.05, 4.69) is 5.32 Å². The first kappa shape index (κ1) is 16.2. The van der Waals surface area contributed by atoms with Crippen LogP contribution in [0.2, 0.25) is 5.02 Å². The molecule has 1 N–H and O–H groups in total. The van der Waals surface area contributed by atoms with Crippen molar-refractivity contribution >= 4 is 29.3 Å². The Morgan fingerprint density at radius 1 is 1.21 bits per heavy atom. The van der Waals surface area contributed by atoms with Crippen LogP contribution in [0.5, 0.6) is 17.2 Å². The Kier molecular flexibility index (Phi) is 4.91. The van der Waals surface area contributed by atoms with Crippen molar-refractivity contribution in [2.24, 2.45) is 0 Å². The molecule has 0 bridgehead atoms. The van der Waals surface area contributed by atoms with Crippen LogP contribution in [-0.2, 0) is 4.79 Å². The van der Waals surface area contributed by atoms with Gasteiger partial charge in [-0.3, -0.25) is 4.79 Å². The zero-order valence-electron chi connectivity index (χ0n) is 13.0. The van der Waals surface area contributed by atoms with E-state index in [0.29, 0.717) is 35.4 Å². The molecule has 0 saturated carbocycles.